The summed E-state index contributed by atoms with van der Waals surface area (Å²) >= 11 is 0. The lowest BCUT2D eigenvalue weighted by atomic mass is 9.94. The second kappa shape index (κ2) is 5.67. The predicted octanol–water partition coefficient (Wildman–Crippen LogP) is 1.58. The Hall–Kier alpha value is -3.16. The first-order valence-corrected chi connectivity index (χ1v) is 9.10. The summed E-state index contributed by atoms with van der Waals surface area (Å²) in [5.74, 6) is -0.123. The summed E-state index contributed by atoms with van der Waals surface area (Å²) in [6, 6.07) is -0.203. The molecule has 5 rings (SSSR count). The summed E-state index contributed by atoms with van der Waals surface area (Å²) < 4.78 is 7.66. The van der Waals surface area contributed by atoms with Gasteiger partial charge in [0.15, 0.2) is 0 Å². The first-order valence-electron chi connectivity index (χ1n) is 9.10. The molecular weight excluding hydrogens is 348 g/mol. The Kier molecular flexibility index (Phi) is 3.37. The zero-order valence-electron chi connectivity index (χ0n) is 14.8. The molecule has 2 aromatic rings. The molecule has 0 bridgehead atoms. The number of aromatic nitrogens is 3. The highest BCUT2D eigenvalue weighted by Crippen LogP contribution is 2.39. The molecule has 2 aliphatic heterocycles. The molecule has 1 N–H and O–H groups in total. The number of carbonyl (C=O) groups excluding carboxylic acids is 1. The second-order valence-corrected chi connectivity index (χ2v) is 6.89. The van der Waals surface area contributed by atoms with Gasteiger partial charge in [0.1, 0.15) is 5.70 Å². The summed E-state index contributed by atoms with van der Waals surface area (Å²) in [5.41, 5.74) is 3.61. The van der Waals surface area contributed by atoms with Gasteiger partial charge in [-0.15, -0.1) is 0 Å². The number of carbonyl (C=O) groups is 2. The van der Waals surface area contributed by atoms with E-state index in [0.29, 0.717) is 36.0 Å². The Morgan fingerprint density at radius 3 is 3.04 bits per heavy atom. The highest BCUT2D eigenvalue weighted by Gasteiger charge is 2.48. The SMILES string of the molecule is CCOc1nc2nc(/C=C3/C(=O)N4C(C(=O)O)=CCC34)cn2c2c1CCC2. The third-order valence-electron chi connectivity index (χ3n) is 5.38. The molecule has 0 aromatic carbocycles. The minimum absolute atomic E-state index is 0.0676. The van der Waals surface area contributed by atoms with Crippen molar-refractivity contribution in [3.05, 3.63) is 40.5 Å². The second-order valence-electron chi connectivity index (χ2n) is 6.89. The van der Waals surface area contributed by atoms with Crippen LogP contribution in [0.3, 0.4) is 0 Å². The van der Waals surface area contributed by atoms with E-state index in [2.05, 4.69) is 9.97 Å². The third-order valence-corrected chi connectivity index (χ3v) is 5.38. The van der Waals surface area contributed by atoms with E-state index in [0.717, 1.165) is 30.5 Å². The van der Waals surface area contributed by atoms with E-state index in [1.54, 1.807) is 12.2 Å². The number of ether oxygens (including phenoxy) is 1. The van der Waals surface area contributed by atoms with Gasteiger partial charge >= 0.3 is 5.97 Å². The van der Waals surface area contributed by atoms with Crippen LogP contribution < -0.4 is 4.74 Å². The molecular formula is C19H18N4O4. The summed E-state index contributed by atoms with van der Waals surface area (Å²) in [5, 5.41) is 9.17. The van der Waals surface area contributed by atoms with Gasteiger partial charge in [-0.25, -0.2) is 9.78 Å². The van der Waals surface area contributed by atoms with Crippen molar-refractivity contribution >= 4 is 23.7 Å². The molecule has 27 heavy (non-hydrogen) atoms. The maximum Gasteiger partial charge on any atom is 0.352 e. The van der Waals surface area contributed by atoms with Crippen LogP contribution in [0.4, 0.5) is 0 Å². The van der Waals surface area contributed by atoms with Gasteiger partial charge in [-0.1, -0.05) is 6.08 Å². The zero-order chi connectivity index (χ0) is 18.7. The number of rotatable bonds is 4. The maximum atomic E-state index is 12.4. The molecule has 4 heterocycles. The maximum absolute atomic E-state index is 12.4. The van der Waals surface area contributed by atoms with Crippen LogP contribution in [0, 0.1) is 0 Å². The van der Waals surface area contributed by atoms with E-state index in [4.69, 9.17) is 9.84 Å². The Bertz CT molecular complexity index is 1070. The van der Waals surface area contributed by atoms with Crippen LogP contribution in [0.5, 0.6) is 5.88 Å². The fraction of sp³-hybridized carbons (Fsp3) is 0.368. The number of nitrogens with zero attached hydrogens (tertiary/aromatic N) is 4. The Labute approximate surface area is 154 Å². The van der Waals surface area contributed by atoms with Crippen LogP contribution in [-0.2, 0) is 22.4 Å². The van der Waals surface area contributed by atoms with Crippen molar-refractivity contribution < 1.29 is 19.4 Å². The molecule has 1 fully saturated rings. The summed E-state index contributed by atoms with van der Waals surface area (Å²) in [7, 11) is 0. The highest BCUT2D eigenvalue weighted by molar-refractivity contribution is 6.11. The molecule has 1 amide bonds. The van der Waals surface area contributed by atoms with Crippen LogP contribution in [0.15, 0.2) is 23.5 Å². The molecule has 138 valence electrons. The van der Waals surface area contributed by atoms with Crippen molar-refractivity contribution in [1.29, 1.82) is 0 Å². The van der Waals surface area contributed by atoms with Crippen molar-refractivity contribution in [2.24, 2.45) is 0 Å². The van der Waals surface area contributed by atoms with Crippen LogP contribution in [0.1, 0.15) is 36.7 Å². The lowest BCUT2D eigenvalue weighted by Crippen LogP contribution is -2.52. The number of fused-ring (bicyclic) bond motifs is 4. The number of aliphatic carboxylic acids is 1. The van der Waals surface area contributed by atoms with Crippen molar-refractivity contribution in [1.82, 2.24) is 19.3 Å². The Morgan fingerprint density at radius 2 is 2.26 bits per heavy atom. The Balaban J connectivity index is 1.52. The molecule has 8 heteroatoms. The van der Waals surface area contributed by atoms with E-state index >= 15 is 0 Å². The van der Waals surface area contributed by atoms with Gasteiger partial charge in [-0.2, -0.15) is 4.98 Å². The van der Waals surface area contributed by atoms with Gasteiger partial charge in [0.25, 0.3) is 5.91 Å². The van der Waals surface area contributed by atoms with Gasteiger partial charge in [0.2, 0.25) is 11.7 Å². The summed E-state index contributed by atoms with van der Waals surface area (Å²) in [4.78, 5) is 34.0. The third kappa shape index (κ3) is 2.22. The summed E-state index contributed by atoms with van der Waals surface area (Å²) in [6.45, 7) is 2.49. The molecule has 0 radical (unpaired) electrons. The number of carboxylic acid groups (broad SMARTS) is 1. The zero-order valence-corrected chi connectivity index (χ0v) is 14.8. The lowest BCUT2D eigenvalue weighted by Gasteiger charge is -2.38. The van der Waals surface area contributed by atoms with Crippen LogP contribution in [0.25, 0.3) is 11.9 Å². The van der Waals surface area contributed by atoms with Crippen LogP contribution in [-0.4, -0.2) is 48.9 Å². The number of carboxylic acids is 1. The normalized spacial score (nSPS) is 22.0. The van der Waals surface area contributed by atoms with Gasteiger partial charge in [-0.05, 0) is 38.7 Å². The Morgan fingerprint density at radius 1 is 1.41 bits per heavy atom. The topological polar surface area (TPSA) is 97.0 Å². The molecule has 1 saturated heterocycles. The molecule has 0 spiro atoms. The number of aryl methyl sites for hydroxylation is 1. The average molecular weight is 366 g/mol. The smallest absolute Gasteiger partial charge is 0.352 e. The van der Waals surface area contributed by atoms with Crippen molar-refractivity contribution in [2.75, 3.05) is 6.61 Å². The number of amides is 1. The highest BCUT2D eigenvalue weighted by atomic mass is 16.5. The minimum atomic E-state index is -1.07. The predicted molar refractivity (Wildman–Crippen MR) is 95.1 cm³/mol. The summed E-state index contributed by atoms with van der Waals surface area (Å²) in [6.07, 6.45) is 8.71. The molecule has 3 aliphatic rings. The van der Waals surface area contributed by atoms with Gasteiger partial charge in [-0.3, -0.25) is 14.1 Å². The molecule has 1 atom stereocenters. The van der Waals surface area contributed by atoms with Crippen molar-refractivity contribution in [3.63, 3.8) is 0 Å². The fourth-order valence-corrected chi connectivity index (χ4v) is 4.21. The molecule has 1 unspecified atom stereocenters. The fourth-order valence-electron chi connectivity index (χ4n) is 4.21. The van der Waals surface area contributed by atoms with Crippen LogP contribution >= 0.6 is 0 Å². The van der Waals surface area contributed by atoms with Gasteiger partial charge in [0.05, 0.1) is 18.3 Å². The molecule has 0 saturated carbocycles. The quantitative estimate of drug-likeness (QED) is 0.652. The van der Waals surface area contributed by atoms with E-state index in [-0.39, 0.29) is 17.6 Å². The number of imidazole rings is 1. The molecule has 8 nitrogen and oxygen atoms in total. The van der Waals surface area contributed by atoms with Gasteiger partial charge < -0.3 is 9.84 Å². The lowest BCUT2D eigenvalue weighted by molar-refractivity contribution is -0.142. The van der Waals surface area contributed by atoms with Crippen molar-refractivity contribution in [3.8, 4) is 5.88 Å². The monoisotopic (exact) mass is 366 g/mol. The van der Waals surface area contributed by atoms with Gasteiger partial charge in [0, 0.05) is 23.0 Å². The minimum Gasteiger partial charge on any atom is -0.478 e. The van der Waals surface area contributed by atoms with E-state index in [1.807, 2.05) is 17.5 Å². The van der Waals surface area contributed by atoms with E-state index in [1.165, 1.54) is 4.90 Å². The number of hydrogen-bond acceptors (Lipinski definition) is 5. The standard InChI is InChI=1S/C19H18N4O4/c1-2-27-16-11-4-3-5-13(11)22-9-10(20-19(22)21-16)8-12-14-6-7-15(18(25)26)23(14)17(12)24/h7-9,14H,2-6H2,1H3,(H,25,26)/b12-8+. The first kappa shape index (κ1) is 16.0. The molecule has 1 aliphatic carbocycles. The van der Waals surface area contributed by atoms with Crippen LogP contribution in [0.2, 0.25) is 0 Å². The average Bonchev–Trinajstić information content (AvgIpc) is 3.35. The first-order chi connectivity index (χ1) is 13.1. The molecule has 2 aromatic heterocycles. The largest absolute Gasteiger partial charge is 0.478 e. The number of hydrogen-bond donors (Lipinski definition) is 1. The number of β-lactam (4-membered cyclic amide) rings is 1. The van der Waals surface area contributed by atoms with E-state index < -0.39 is 5.97 Å². The van der Waals surface area contributed by atoms with E-state index in [9.17, 15) is 9.59 Å². The van der Waals surface area contributed by atoms with Crippen molar-refractivity contribution in [2.45, 2.75) is 38.6 Å².